The van der Waals surface area contributed by atoms with E-state index in [2.05, 4.69) is 45.9 Å². The fourth-order valence-electron chi connectivity index (χ4n) is 3.32. The number of hydrogen-bond acceptors (Lipinski definition) is 4. The van der Waals surface area contributed by atoms with Crippen molar-refractivity contribution < 1.29 is 9.59 Å². The zero-order chi connectivity index (χ0) is 18.0. The van der Waals surface area contributed by atoms with Gasteiger partial charge in [-0.3, -0.25) is 15.0 Å². The van der Waals surface area contributed by atoms with Crippen LogP contribution >= 0.6 is 15.9 Å². The summed E-state index contributed by atoms with van der Waals surface area (Å²) in [5, 5.41) is 2.91. The van der Waals surface area contributed by atoms with E-state index in [0.717, 1.165) is 25.9 Å². The Labute approximate surface area is 156 Å². The summed E-state index contributed by atoms with van der Waals surface area (Å²) >= 11 is 3.62. The molecule has 25 heavy (non-hydrogen) atoms. The first-order valence-corrected chi connectivity index (χ1v) is 9.74. The van der Waals surface area contributed by atoms with Gasteiger partial charge in [0.2, 0.25) is 5.91 Å². The van der Waals surface area contributed by atoms with Crippen LogP contribution in [-0.4, -0.2) is 46.7 Å². The van der Waals surface area contributed by atoms with Gasteiger partial charge in [0.1, 0.15) is 6.04 Å². The number of halogens is 1. The van der Waals surface area contributed by atoms with Gasteiger partial charge in [-0.25, -0.2) is 5.43 Å². The van der Waals surface area contributed by atoms with E-state index < -0.39 is 0 Å². The highest BCUT2D eigenvalue weighted by Gasteiger charge is 2.39. The van der Waals surface area contributed by atoms with Crippen LogP contribution in [0.5, 0.6) is 0 Å². The molecule has 6 nitrogen and oxygen atoms in total. The van der Waals surface area contributed by atoms with E-state index in [1.165, 1.54) is 0 Å². The van der Waals surface area contributed by atoms with Crippen molar-refractivity contribution in [1.82, 2.24) is 15.8 Å². The van der Waals surface area contributed by atoms with E-state index in [-0.39, 0.29) is 28.7 Å². The molecule has 2 fully saturated rings. The fourth-order valence-corrected chi connectivity index (χ4v) is 4.43. The highest BCUT2D eigenvalue weighted by molar-refractivity contribution is 9.09. The smallest absolute Gasteiger partial charge is 0.253 e. The lowest BCUT2D eigenvalue weighted by Crippen LogP contribution is -2.42. The van der Waals surface area contributed by atoms with E-state index in [4.69, 9.17) is 0 Å². The molecule has 0 radical (unpaired) electrons. The zero-order valence-electron chi connectivity index (χ0n) is 14.6. The van der Waals surface area contributed by atoms with Crippen LogP contribution in [0.15, 0.2) is 24.3 Å². The molecule has 3 rings (SSSR count). The van der Waals surface area contributed by atoms with Gasteiger partial charge in [-0.1, -0.05) is 29.8 Å². The van der Waals surface area contributed by atoms with Gasteiger partial charge >= 0.3 is 0 Å². The summed E-state index contributed by atoms with van der Waals surface area (Å²) in [6, 6.07) is 6.96. The average molecular weight is 409 g/mol. The molecule has 0 saturated carbocycles. The molecule has 7 heteroatoms. The second kappa shape index (κ2) is 7.85. The van der Waals surface area contributed by atoms with Gasteiger partial charge in [-0.05, 0) is 43.0 Å². The number of amides is 2. The van der Waals surface area contributed by atoms with E-state index in [1.807, 2.05) is 4.90 Å². The SMILES string of the molecule is CC(C)C1NNC(C(=O)Nc2ccc(C(=O)N3CCCC3)cc2)C1Br. The van der Waals surface area contributed by atoms with Crippen molar-refractivity contribution in [3.8, 4) is 0 Å². The molecule has 3 N–H and O–H groups in total. The van der Waals surface area contributed by atoms with Crippen LogP contribution in [0.4, 0.5) is 5.69 Å². The topological polar surface area (TPSA) is 73.5 Å². The Kier molecular flexibility index (Phi) is 5.76. The minimum atomic E-state index is -0.349. The number of hydrogen-bond donors (Lipinski definition) is 3. The Bertz CT molecular complexity index is 628. The predicted octanol–water partition coefficient (Wildman–Crippen LogP) is 2.13. The standard InChI is InChI=1S/C18H25BrN4O2/c1-11(2)15-14(19)16(22-21-15)17(24)20-13-7-5-12(6-8-13)18(25)23-9-3-4-10-23/h5-8,11,14-16,21-22H,3-4,9-10H2,1-2H3,(H,20,24). The van der Waals surface area contributed by atoms with Crippen LogP contribution in [0.25, 0.3) is 0 Å². The van der Waals surface area contributed by atoms with E-state index in [1.54, 1.807) is 24.3 Å². The molecule has 0 bridgehead atoms. The molecule has 1 aromatic carbocycles. The number of nitrogens with zero attached hydrogens (tertiary/aromatic N) is 1. The summed E-state index contributed by atoms with van der Waals surface area (Å²) in [6.07, 6.45) is 2.15. The van der Waals surface area contributed by atoms with E-state index in [0.29, 0.717) is 17.2 Å². The van der Waals surface area contributed by atoms with Crippen molar-refractivity contribution in [2.24, 2.45) is 5.92 Å². The van der Waals surface area contributed by atoms with Crippen molar-refractivity contribution in [3.63, 3.8) is 0 Å². The molecule has 0 aliphatic carbocycles. The third-order valence-electron chi connectivity index (χ3n) is 4.86. The summed E-state index contributed by atoms with van der Waals surface area (Å²) in [7, 11) is 0. The second-order valence-corrected chi connectivity index (χ2v) is 8.10. The quantitative estimate of drug-likeness (QED) is 0.667. The molecule has 136 valence electrons. The molecule has 2 amide bonds. The third-order valence-corrected chi connectivity index (χ3v) is 5.96. The van der Waals surface area contributed by atoms with Crippen LogP contribution in [0.2, 0.25) is 0 Å². The number of nitrogens with one attached hydrogen (secondary N) is 3. The van der Waals surface area contributed by atoms with Crippen LogP contribution in [0.1, 0.15) is 37.0 Å². The first-order valence-electron chi connectivity index (χ1n) is 8.82. The summed E-state index contributed by atoms with van der Waals surface area (Å²) in [4.78, 5) is 26.7. The Balaban J connectivity index is 1.60. The highest BCUT2D eigenvalue weighted by atomic mass is 79.9. The molecule has 0 aromatic heterocycles. The van der Waals surface area contributed by atoms with Gasteiger partial charge in [0, 0.05) is 30.4 Å². The molecule has 2 aliphatic heterocycles. The van der Waals surface area contributed by atoms with Gasteiger partial charge < -0.3 is 10.2 Å². The summed E-state index contributed by atoms with van der Waals surface area (Å²) in [5.74, 6) is 0.374. The summed E-state index contributed by atoms with van der Waals surface area (Å²) in [5.41, 5.74) is 7.58. The average Bonchev–Trinajstić information content (AvgIpc) is 3.24. The van der Waals surface area contributed by atoms with Crippen LogP contribution in [0.3, 0.4) is 0 Å². The van der Waals surface area contributed by atoms with Crippen molar-refractivity contribution in [2.75, 3.05) is 18.4 Å². The van der Waals surface area contributed by atoms with Crippen LogP contribution < -0.4 is 16.2 Å². The van der Waals surface area contributed by atoms with Gasteiger partial charge in [-0.2, -0.15) is 0 Å². The lowest BCUT2D eigenvalue weighted by molar-refractivity contribution is -0.117. The molecule has 0 spiro atoms. The maximum absolute atomic E-state index is 12.5. The molecule has 2 heterocycles. The van der Waals surface area contributed by atoms with Crippen LogP contribution in [0, 0.1) is 5.92 Å². The monoisotopic (exact) mass is 408 g/mol. The number of rotatable bonds is 4. The molecule has 3 unspecified atom stereocenters. The zero-order valence-corrected chi connectivity index (χ0v) is 16.2. The maximum atomic E-state index is 12.5. The van der Waals surface area contributed by atoms with Crippen molar-refractivity contribution in [2.45, 2.75) is 43.6 Å². The fraction of sp³-hybridized carbons (Fsp3) is 0.556. The lowest BCUT2D eigenvalue weighted by Gasteiger charge is -2.19. The number of hydrazine groups is 1. The Morgan fingerprint density at radius 2 is 1.80 bits per heavy atom. The van der Waals surface area contributed by atoms with Crippen LogP contribution in [-0.2, 0) is 4.79 Å². The number of carbonyl (C=O) groups is 2. The highest BCUT2D eigenvalue weighted by Crippen LogP contribution is 2.23. The van der Waals surface area contributed by atoms with E-state index >= 15 is 0 Å². The van der Waals surface area contributed by atoms with Crippen molar-refractivity contribution >= 4 is 33.4 Å². The second-order valence-electron chi connectivity index (χ2n) is 7.05. The van der Waals surface area contributed by atoms with Gasteiger partial charge in [-0.15, -0.1) is 0 Å². The number of alkyl halides is 1. The van der Waals surface area contributed by atoms with Crippen molar-refractivity contribution in [3.05, 3.63) is 29.8 Å². The molecular formula is C18H25BrN4O2. The Hall–Kier alpha value is -1.44. The normalized spacial score (nSPS) is 26.2. The number of carbonyl (C=O) groups excluding carboxylic acids is 2. The van der Waals surface area contributed by atoms with Gasteiger partial charge in [0.15, 0.2) is 0 Å². The van der Waals surface area contributed by atoms with Gasteiger partial charge in [0.25, 0.3) is 5.91 Å². The van der Waals surface area contributed by atoms with Crippen molar-refractivity contribution in [1.29, 1.82) is 0 Å². The Morgan fingerprint density at radius 3 is 2.36 bits per heavy atom. The third kappa shape index (κ3) is 4.04. The predicted molar refractivity (Wildman–Crippen MR) is 102 cm³/mol. The molecule has 2 aliphatic rings. The molecule has 2 saturated heterocycles. The molecular weight excluding hydrogens is 384 g/mol. The molecule has 3 atom stereocenters. The number of benzene rings is 1. The number of anilines is 1. The first kappa shape index (κ1) is 18.4. The summed E-state index contributed by atoms with van der Waals surface area (Å²) in [6.45, 7) is 5.90. The van der Waals surface area contributed by atoms with Gasteiger partial charge in [0.05, 0.1) is 4.83 Å². The largest absolute Gasteiger partial charge is 0.339 e. The summed E-state index contributed by atoms with van der Waals surface area (Å²) < 4.78 is 0. The minimum Gasteiger partial charge on any atom is -0.339 e. The van der Waals surface area contributed by atoms with E-state index in [9.17, 15) is 9.59 Å². The lowest BCUT2D eigenvalue weighted by atomic mass is 9.99. The molecule has 1 aromatic rings. The maximum Gasteiger partial charge on any atom is 0.253 e. The Morgan fingerprint density at radius 1 is 1.16 bits per heavy atom. The number of likely N-dealkylation sites (tertiary alicyclic amines) is 1. The minimum absolute atomic E-state index is 0.0171. The first-order chi connectivity index (χ1) is 12.0.